The number of aliphatic hydroxyl groups is 1. The fraction of sp³-hybridized carbons (Fsp3) is 0.621. The number of hydrogen-bond acceptors (Lipinski definition) is 10. The summed E-state index contributed by atoms with van der Waals surface area (Å²) in [5.74, 6) is -1.24. The molecule has 1 spiro atoms. The monoisotopic (exact) mass is 650 g/mol. The first kappa shape index (κ1) is 35.5. The number of pyridine rings is 1. The van der Waals surface area contributed by atoms with Gasteiger partial charge >= 0.3 is 0 Å². The average Bonchev–Trinajstić information content (AvgIpc) is 3.00. The van der Waals surface area contributed by atoms with E-state index in [2.05, 4.69) is 38.0 Å². The highest BCUT2D eigenvalue weighted by atomic mass is 32.2. The molecule has 13 nitrogen and oxygen atoms in total. The standard InChI is InChI=1S/C29H42N6O7S2/c1-18(2)13-21-26(39)32-22(14-36)27(40)33-23(25(38)30-3)17-44-16-20-6-4-5-19(31-20)15-43-12-7-24(37)35-29(28(41)34-21)8-10-42-11-9-29/h4-6,18,21-23,36H,3,7-17H2,1-2H3,(H,32,39)(H,33,40)(H,34,41)(H,35,37)/t21?,22-,23-/m0/s1. The lowest BCUT2D eigenvalue weighted by molar-refractivity contribution is -0.140. The summed E-state index contributed by atoms with van der Waals surface area (Å²) in [6.07, 6.45) is 0.890. The van der Waals surface area contributed by atoms with Crippen molar-refractivity contribution in [1.82, 2.24) is 26.3 Å². The molecule has 1 saturated heterocycles. The van der Waals surface area contributed by atoms with Gasteiger partial charge < -0.3 is 31.1 Å². The van der Waals surface area contributed by atoms with Gasteiger partial charge in [0, 0.05) is 55.5 Å². The van der Waals surface area contributed by atoms with Crippen molar-refractivity contribution in [3.8, 4) is 0 Å². The van der Waals surface area contributed by atoms with Crippen LogP contribution in [-0.2, 0) is 40.2 Å². The lowest BCUT2D eigenvalue weighted by Crippen LogP contribution is -2.64. The van der Waals surface area contributed by atoms with E-state index in [4.69, 9.17) is 4.74 Å². The van der Waals surface area contributed by atoms with Crippen molar-refractivity contribution in [3.63, 3.8) is 0 Å². The van der Waals surface area contributed by atoms with E-state index in [0.717, 1.165) is 11.4 Å². The maximum Gasteiger partial charge on any atom is 0.268 e. The molecule has 2 aliphatic rings. The van der Waals surface area contributed by atoms with Crippen LogP contribution in [0.15, 0.2) is 23.2 Å². The molecule has 242 valence electrons. The van der Waals surface area contributed by atoms with Gasteiger partial charge in [0.2, 0.25) is 23.6 Å². The van der Waals surface area contributed by atoms with E-state index < -0.39 is 53.9 Å². The molecule has 3 atom stereocenters. The Bertz CT molecular complexity index is 1190. The molecule has 0 aliphatic carbocycles. The number of aromatic nitrogens is 1. The van der Waals surface area contributed by atoms with Crippen LogP contribution in [0.1, 0.15) is 50.9 Å². The number of ether oxygens (including phenoxy) is 1. The first-order valence-electron chi connectivity index (χ1n) is 14.6. The molecule has 15 heteroatoms. The van der Waals surface area contributed by atoms with Crippen LogP contribution in [0.4, 0.5) is 0 Å². The highest BCUT2D eigenvalue weighted by Crippen LogP contribution is 2.23. The number of carbonyl (C=O) groups excluding carboxylic acids is 5. The van der Waals surface area contributed by atoms with E-state index in [-0.39, 0.29) is 56.5 Å². The van der Waals surface area contributed by atoms with E-state index in [1.54, 1.807) is 11.8 Å². The second kappa shape index (κ2) is 17.5. The maximum atomic E-state index is 13.7. The van der Waals surface area contributed by atoms with Crippen molar-refractivity contribution in [3.05, 3.63) is 29.6 Å². The number of aliphatic hydroxyl groups excluding tert-OH is 1. The number of fused-ring (bicyclic) bond motifs is 2. The van der Waals surface area contributed by atoms with Gasteiger partial charge in [0.25, 0.3) is 5.91 Å². The lowest BCUT2D eigenvalue weighted by atomic mass is 9.87. The van der Waals surface area contributed by atoms with Gasteiger partial charge in [-0.05, 0) is 31.2 Å². The zero-order valence-corrected chi connectivity index (χ0v) is 26.8. The zero-order chi connectivity index (χ0) is 32.1. The van der Waals surface area contributed by atoms with Gasteiger partial charge in [0.15, 0.2) is 0 Å². The largest absolute Gasteiger partial charge is 0.394 e. The first-order chi connectivity index (χ1) is 21.1. The van der Waals surface area contributed by atoms with Crippen molar-refractivity contribution >= 4 is 59.8 Å². The molecule has 5 N–H and O–H groups in total. The number of aliphatic imine (C=N–C) groups is 1. The summed E-state index contributed by atoms with van der Waals surface area (Å²) in [5, 5.41) is 20.8. The summed E-state index contributed by atoms with van der Waals surface area (Å²) in [6, 6.07) is 2.14. The number of amides is 5. The average molecular weight is 651 g/mol. The number of nitrogens with one attached hydrogen (secondary N) is 4. The summed E-state index contributed by atoms with van der Waals surface area (Å²) in [6.45, 7) is 6.81. The second-order valence-electron chi connectivity index (χ2n) is 11.1. The van der Waals surface area contributed by atoms with Crippen LogP contribution in [0.2, 0.25) is 0 Å². The molecule has 44 heavy (non-hydrogen) atoms. The van der Waals surface area contributed by atoms with Gasteiger partial charge in [0.05, 0.1) is 18.0 Å². The summed E-state index contributed by atoms with van der Waals surface area (Å²) in [4.78, 5) is 73.8. The molecule has 1 fully saturated rings. The van der Waals surface area contributed by atoms with E-state index >= 15 is 0 Å². The number of carbonyl (C=O) groups is 5. The number of nitrogens with zero attached hydrogens (tertiary/aromatic N) is 2. The van der Waals surface area contributed by atoms with E-state index in [1.165, 1.54) is 11.8 Å². The number of thioether (sulfide) groups is 2. The Morgan fingerprint density at radius 1 is 1.07 bits per heavy atom. The summed E-state index contributed by atoms with van der Waals surface area (Å²) >= 11 is 2.91. The van der Waals surface area contributed by atoms with Gasteiger partial charge in [-0.25, -0.2) is 4.99 Å². The molecule has 2 aliphatic heterocycles. The fourth-order valence-corrected chi connectivity index (χ4v) is 6.59. The normalized spacial score (nSPS) is 24.6. The predicted octanol–water partition coefficient (Wildman–Crippen LogP) is 0.337. The third-order valence-corrected chi connectivity index (χ3v) is 9.26. The third kappa shape index (κ3) is 10.6. The van der Waals surface area contributed by atoms with Crippen LogP contribution in [0, 0.1) is 5.92 Å². The molecule has 0 saturated carbocycles. The molecule has 5 amide bonds. The van der Waals surface area contributed by atoms with Crippen LogP contribution in [0.25, 0.3) is 0 Å². The highest BCUT2D eigenvalue weighted by molar-refractivity contribution is 7.98. The Balaban J connectivity index is 1.89. The summed E-state index contributed by atoms with van der Waals surface area (Å²) in [5.41, 5.74) is 0.350. The number of hydrogen-bond donors (Lipinski definition) is 5. The Hall–Kier alpha value is -3.01. The van der Waals surface area contributed by atoms with Gasteiger partial charge in [-0.3, -0.25) is 29.0 Å². The fourth-order valence-electron chi connectivity index (χ4n) is 4.79. The third-order valence-electron chi connectivity index (χ3n) is 7.20. The Morgan fingerprint density at radius 3 is 2.36 bits per heavy atom. The van der Waals surface area contributed by atoms with Crippen LogP contribution >= 0.6 is 23.5 Å². The molecule has 0 radical (unpaired) electrons. The lowest BCUT2D eigenvalue weighted by Gasteiger charge is -2.37. The van der Waals surface area contributed by atoms with E-state index in [1.807, 2.05) is 32.0 Å². The maximum absolute atomic E-state index is 13.7. The summed E-state index contributed by atoms with van der Waals surface area (Å²) in [7, 11) is 0. The molecular formula is C29H42N6O7S2. The molecule has 2 bridgehead atoms. The highest BCUT2D eigenvalue weighted by Gasteiger charge is 2.43. The van der Waals surface area contributed by atoms with E-state index in [0.29, 0.717) is 17.3 Å². The van der Waals surface area contributed by atoms with E-state index in [9.17, 15) is 29.1 Å². The molecule has 3 heterocycles. The minimum Gasteiger partial charge on any atom is -0.394 e. The van der Waals surface area contributed by atoms with Crippen LogP contribution in [-0.4, -0.2) is 101 Å². The van der Waals surface area contributed by atoms with Crippen molar-refractivity contribution in [2.75, 3.05) is 31.3 Å². The SMILES string of the molecule is C=NC(=O)[C@@H]1CSCc2cccc(n2)CSCCC(=O)NC2(CCOCC2)C(=O)NC(CC(C)C)C(=O)N[C@@H](CO)C(=O)N1. The minimum absolute atomic E-state index is 0.0185. The quantitative estimate of drug-likeness (QED) is 0.284. The number of rotatable bonds is 4. The van der Waals surface area contributed by atoms with Crippen molar-refractivity contribution in [1.29, 1.82) is 0 Å². The Kier molecular flexibility index (Phi) is 14.1. The summed E-state index contributed by atoms with van der Waals surface area (Å²) < 4.78 is 5.46. The van der Waals surface area contributed by atoms with Gasteiger partial charge in [-0.1, -0.05) is 19.9 Å². The molecule has 0 aromatic carbocycles. The minimum atomic E-state index is -1.40. The van der Waals surface area contributed by atoms with Crippen molar-refractivity contribution < 1.29 is 33.8 Å². The van der Waals surface area contributed by atoms with Crippen molar-refractivity contribution in [2.24, 2.45) is 10.9 Å². The smallest absolute Gasteiger partial charge is 0.268 e. The van der Waals surface area contributed by atoms with Gasteiger partial charge in [-0.2, -0.15) is 23.5 Å². The van der Waals surface area contributed by atoms with Crippen LogP contribution < -0.4 is 21.3 Å². The molecular weight excluding hydrogens is 608 g/mol. The Labute approximate surface area is 265 Å². The first-order valence-corrected chi connectivity index (χ1v) is 16.9. The van der Waals surface area contributed by atoms with Crippen molar-refractivity contribution in [2.45, 2.75) is 74.7 Å². The van der Waals surface area contributed by atoms with Gasteiger partial charge in [0.1, 0.15) is 23.7 Å². The molecule has 1 aromatic heterocycles. The predicted molar refractivity (Wildman–Crippen MR) is 169 cm³/mol. The topological polar surface area (TPSA) is 188 Å². The second-order valence-corrected chi connectivity index (χ2v) is 13.3. The molecule has 1 unspecified atom stereocenters. The van der Waals surface area contributed by atoms with Crippen LogP contribution in [0.5, 0.6) is 0 Å². The van der Waals surface area contributed by atoms with Crippen LogP contribution in [0.3, 0.4) is 0 Å². The zero-order valence-electron chi connectivity index (χ0n) is 25.1. The molecule has 3 rings (SSSR count). The van der Waals surface area contributed by atoms with Gasteiger partial charge in [-0.15, -0.1) is 0 Å². The Morgan fingerprint density at radius 2 is 1.73 bits per heavy atom. The molecule has 1 aromatic rings.